The number of anilines is 1. The molecular weight excluding hydrogens is 472 g/mol. The fourth-order valence-corrected chi connectivity index (χ4v) is 5.27. The lowest BCUT2D eigenvalue weighted by Gasteiger charge is -2.11. The molecule has 0 aliphatic carbocycles. The molecule has 1 aromatic heterocycles. The Morgan fingerprint density at radius 3 is 2.47 bits per heavy atom. The predicted octanol–water partition coefficient (Wildman–Crippen LogP) is 6.86. The lowest BCUT2D eigenvalue weighted by molar-refractivity contribution is 0.0685. The van der Waals surface area contributed by atoms with Crippen LogP contribution in [0.2, 0.25) is 5.02 Å². The average Bonchev–Trinajstić information content (AvgIpc) is 3.14. The third-order valence-corrected chi connectivity index (χ3v) is 7.09. The van der Waals surface area contributed by atoms with Crippen LogP contribution in [-0.4, -0.2) is 21.4 Å². The van der Waals surface area contributed by atoms with E-state index in [-0.39, 0.29) is 11.5 Å². The molecule has 0 unspecified atom stereocenters. The molecule has 2 heterocycles. The Morgan fingerprint density at radius 2 is 1.64 bits per heavy atom. The second-order valence-corrected chi connectivity index (χ2v) is 9.25. The van der Waals surface area contributed by atoms with Crippen molar-refractivity contribution in [1.82, 2.24) is 4.57 Å². The number of carboxylic acid groups (broad SMARTS) is 1. The third kappa shape index (κ3) is 3.65. The molecule has 6 rings (SSSR count). The first-order valence-corrected chi connectivity index (χ1v) is 12.0. The molecular formula is C30H21ClN2O3. The maximum atomic E-state index is 13.7. The lowest BCUT2D eigenvalue weighted by atomic mass is 9.95. The Labute approximate surface area is 212 Å². The highest BCUT2D eigenvalue weighted by molar-refractivity contribution is 6.35. The number of benzene rings is 4. The van der Waals surface area contributed by atoms with Gasteiger partial charge in [-0.3, -0.25) is 4.79 Å². The smallest absolute Gasteiger partial charge is 0.352 e. The molecule has 0 atom stereocenters. The minimum absolute atomic E-state index is 0.0790. The van der Waals surface area contributed by atoms with Crippen molar-refractivity contribution in [2.75, 3.05) is 5.32 Å². The number of hydrogen-bond donors (Lipinski definition) is 2. The number of ketones is 1. The van der Waals surface area contributed by atoms with Crippen LogP contribution in [0.5, 0.6) is 0 Å². The molecule has 36 heavy (non-hydrogen) atoms. The summed E-state index contributed by atoms with van der Waals surface area (Å²) in [6.07, 6.45) is 0. The van der Waals surface area contributed by atoms with Crippen molar-refractivity contribution < 1.29 is 14.7 Å². The molecule has 1 aliphatic rings. The molecule has 4 aromatic carbocycles. The first kappa shape index (κ1) is 22.1. The number of halogens is 1. The molecule has 0 bridgehead atoms. The summed E-state index contributed by atoms with van der Waals surface area (Å²) < 4.78 is 1.70. The van der Waals surface area contributed by atoms with Crippen LogP contribution in [-0.2, 0) is 13.1 Å². The molecule has 1 aliphatic heterocycles. The van der Waals surface area contributed by atoms with Gasteiger partial charge in [0.05, 0.1) is 18.1 Å². The van der Waals surface area contributed by atoms with Gasteiger partial charge in [0.1, 0.15) is 5.69 Å². The van der Waals surface area contributed by atoms with Crippen molar-refractivity contribution in [3.8, 4) is 11.1 Å². The standard InChI is InChI=1S/C30H21ClN2O3/c31-25-14-19(22-10-5-8-18-6-1-3-9-21(18)22)12-13-23(25)29(34)24-15-27(30(35)36)33-17-20-7-2-4-11-26(20)32-16-28(24)33/h1-15,32H,16-17H2,(H,35,36). The highest BCUT2D eigenvalue weighted by Gasteiger charge is 2.27. The second kappa shape index (κ2) is 8.70. The fourth-order valence-electron chi connectivity index (χ4n) is 5.00. The van der Waals surface area contributed by atoms with E-state index in [0.717, 1.165) is 33.2 Å². The highest BCUT2D eigenvalue weighted by atomic mass is 35.5. The van der Waals surface area contributed by atoms with E-state index in [1.165, 1.54) is 6.07 Å². The van der Waals surface area contributed by atoms with Gasteiger partial charge in [-0.25, -0.2) is 4.79 Å². The summed E-state index contributed by atoms with van der Waals surface area (Å²) in [7, 11) is 0. The van der Waals surface area contributed by atoms with Gasteiger partial charge in [0.25, 0.3) is 0 Å². The summed E-state index contributed by atoms with van der Waals surface area (Å²) >= 11 is 6.67. The topological polar surface area (TPSA) is 71.3 Å². The quantitative estimate of drug-likeness (QED) is 0.269. The number of hydrogen-bond acceptors (Lipinski definition) is 3. The number of fused-ring (bicyclic) bond motifs is 3. The molecule has 2 N–H and O–H groups in total. The summed E-state index contributed by atoms with van der Waals surface area (Å²) in [5.41, 5.74) is 5.21. The van der Waals surface area contributed by atoms with Crippen LogP contribution >= 0.6 is 11.6 Å². The Morgan fingerprint density at radius 1 is 0.861 bits per heavy atom. The Bertz CT molecular complexity index is 1680. The van der Waals surface area contributed by atoms with Gasteiger partial charge in [0.15, 0.2) is 5.78 Å². The van der Waals surface area contributed by atoms with Gasteiger partial charge in [0.2, 0.25) is 0 Å². The predicted molar refractivity (Wildman–Crippen MR) is 142 cm³/mol. The summed E-state index contributed by atoms with van der Waals surface area (Å²) in [5.74, 6) is -1.37. The highest BCUT2D eigenvalue weighted by Crippen LogP contribution is 2.34. The number of aromatic carboxylic acids is 1. The van der Waals surface area contributed by atoms with Crippen molar-refractivity contribution in [3.05, 3.63) is 124 Å². The van der Waals surface area contributed by atoms with E-state index in [4.69, 9.17) is 11.6 Å². The number of carbonyl (C=O) groups is 2. The molecule has 0 saturated carbocycles. The maximum absolute atomic E-state index is 13.7. The molecule has 0 spiro atoms. The minimum atomic E-state index is -1.08. The van der Waals surface area contributed by atoms with Crippen LogP contribution in [0.1, 0.15) is 37.7 Å². The zero-order valence-corrected chi connectivity index (χ0v) is 19.9. The van der Waals surface area contributed by atoms with Crippen LogP contribution < -0.4 is 5.32 Å². The monoisotopic (exact) mass is 492 g/mol. The number of carboxylic acids is 1. The van der Waals surface area contributed by atoms with Crippen LogP contribution in [0.15, 0.2) is 91.0 Å². The van der Waals surface area contributed by atoms with E-state index in [0.29, 0.717) is 34.9 Å². The van der Waals surface area contributed by atoms with E-state index in [2.05, 4.69) is 23.5 Å². The molecule has 0 radical (unpaired) electrons. The zero-order chi connectivity index (χ0) is 24.8. The molecule has 0 fully saturated rings. The number of para-hydroxylation sites is 1. The van der Waals surface area contributed by atoms with Gasteiger partial charge in [-0.2, -0.15) is 0 Å². The third-order valence-electron chi connectivity index (χ3n) is 6.78. The number of carbonyl (C=O) groups excluding carboxylic acids is 1. The summed E-state index contributed by atoms with van der Waals surface area (Å²) in [4.78, 5) is 25.8. The van der Waals surface area contributed by atoms with Crippen molar-refractivity contribution in [1.29, 1.82) is 0 Å². The van der Waals surface area contributed by atoms with Crippen LogP contribution in [0.3, 0.4) is 0 Å². The largest absolute Gasteiger partial charge is 0.477 e. The average molecular weight is 493 g/mol. The van der Waals surface area contributed by atoms with Crippen LogP contribution in [0, 0.1) is 0 Å². The maximum Gasteiger partial charge on any atom is 0.352 e. The van der Waals surface area contributed by atoms with Crippen LogP contribution in [0.4, 0.5) is 5.69 Å². The Hall–Kier alpha value is -4.35. The van der Waals surface area contributed by atoms with Gasteiger partial charge in [0, 0.05) is 22.5 Å². The van der Waals surface area contributed by atoms with Gasteiger partial charge in [-0.1, -0.05) is 78.3 Å². The number of rotatable bonds is 4. The number of aromatic nitrogens is 1. The van der Waals surface area contributed by atoms with Gasteiger partial charge in [-0.15, -0.1) is 0 Å². The molecule has 6 heteroatoms. The molecule has 5 nitrogen and oxygen atoms in total. The van der Waals surface area contributed by atoms with Crippen molar-refractivity contribution in [2.45, 2.75) is 13.1 Å². The molecule has 5 aromatic rings. The van der Waals surface area contributed by atoms with E-state index >= 15 is 0 Å². The van der Waals surface area contributed by atoms with Crippen molar-refractivity contribution >= 4 is 39.8 Å². The summed E-state index contributed by atoms with van der Waals surface area (Å²) in [6, 6.07) is 28.8. The molecule has 0 amide bonds. The summed E-state index contributed by atoms with van der Waals surface area (Å²) in [6.45, 7) is 0.693. The Balaban J connectivity index is 1.42. The molecule has 176 valence electrons. The number of nitrogens with zero attached hydrogens (tertiary/aromatic N) is 1. The van der Waals surface area contributed by atoms with E-state index < -0.39 is 5.97 Å². The Kier molecular flexibility index (Phi) is 5.35. The zero-order valence-electron chi connectivity index (χ0n) is 19.2. The van der Waals surface area contributed by atoms with E-state index in [1.54, 1.807) is 16.7 Å². The first-order chi connectivity index (χ1) is 17.5. The van der Waals surface area contributed by atoms with Gasteiger partial charge < -0.3 is 15.0 Å². The van der Waals surface area contributed by atoms with Gasteiger partial charge in [-0.05, 0) is 51.7 Å². The van der Waals surface area contributed by atoms with E-state index in [9.17, 15) is 14.7 Å². The second-order valence-electron chi connectivity index (χ2n) is 8.84. The minimum Gasteiger partial charge on any atom is -0.477 e. The summed E-state index contributed by atoms with van der Waals surface area (Å²) in [5, 5.41) is 15.8. The SMILES string of the molecule is O=C(c1ccc(-c2cccc3ccccc23)cc1Cl)c1cc(C(=O)O)n2c1CNc1ccccc1C2. The van der Waals surface area contributed by atoms with Crippen molar-refractivity contribution in [3.63, 3.8) is 0 Å². The lowest BCUT2D eigenvalue weighted by Crippen LogP contribution is -2.12. The first-order valence-electron chi connectivity index (χ1n) is 11.6. The van der Waals surface area contributed by atoms with Gasteiger partial charge >= 0.3 is 5.97 Å². The van der Waals surface area contributed by atoms with E-state index in [1.807, 2.05) is 54.6 Å². The number of nitrogens with one attached hydrogen (secondary N) is 1. The molecule has 0 saturated heterocycles. The van der Waals surface area contributed by atoms with Crippen LogP contribution in [0.25, 0.3) is 21.9 Å². The fraction of sp³-hybridized carbons (Fsp3) is 0.0667. The normalized spacial score (nSPS) is 12.4. The van der Waals surface area contributed by atoms with Crippen molar-refractivity contribution in [2.24, 2.45) is 0 Å².